The van der Waals surface area contributed by atoms with Crippen molar-refractivity contribution in [2.45, 2.75) is 56.0 Å². The lowest BCUT2D eigenvalue weighted by atomic mass is 9.64. The molecule has 4 N–H and O–H groups in total. The highest BCUT2D eigenvalue weighted by molar-refractivity contribution is 5.55. The Balaban J connectivity index is 1.21. The maximum absolute atomic E-state index is 6.54. The zero-order valence-corrected chi connectivity index (χ0v) is 14.2. The molecule has 7 rings (SSSR count). The summed E-state index contributed by atoms with van der Waals surface area (Å²) in [5.74, 6) is 3.11. The second kappa shape index (κ2) is 4.52. The van der Waals surface area contributed by atoms with Gasteiger partial charge in [-0.3, -0.25) is 5.10 Å². The highest BCUT2D eigenvalue weighted by Crippen LogP contribution is 2.64. The van der Waals surface area contributed by atoms with Crippen LogP contribution in [0.1, 0.15) is 50.1 Å². The van der Waals surface area contributed by atoms with Gasteiger partial charge in [0.25, 0.3) is 0 Å². The number of anilines is 3. The first-order chi connectivity index (χ1) is 12.1. The lowest BCUT2D eigenvalue weighted by molar-refractivity contribution is 0.138. The summed E-state index contributed by atoms with van der Waals surface area (Å²) in [4.78, 5) is 11.6. The van der Waals surface area contributed by atoms with E-state index in [2.05, 4.69) is 31.5 Å². The highest BCUT2D eigenvalue weighted by atomic mass is 15.3. The van der Waals surface area contributed by atoms with Crippen LogP contribution in [-0.2, 0) is 0 Å². The van der Waals surface area contributed by atoms with Crippen LogP contribution in [0.25, 0.3) is 0 Å². The molecule has 130 valence electrons. The third-order valence-electron chi connectivity index (χ3n) is 6.78. The van der Waals surface area contributed by atoms with Crippen molar-refractivity contribution in [1.29, 1.82) is 0 Å². The first-order valence-corrected chi connectivity index (χ1v) is 9.35. The zero-order chi connectivity index (χ0) is 16.6. The minimum Gasteiger partial charge on any atom is -0.337 e. The van der Waals surface area contributed by atoms with Crippen LogP contribution in [0, 0.1) is 5.41 Å². The predicted octanol–water partition coefficient (Wildman–Crippen LogP) is 2.28. The van der Waals surface area contributed by atoms with E-state index in [-0.39, 0.29) is 5.54 Å². The Morgan fingerprint density at radius 2 is 2.08 bits per heavy atom. The Bertz CT molecular complexity index is 829. The summed E-state index contributed by atoms with van der Waals surface area (Å²) >= 11 is 0. The van der Waals surface area contributed by atoms with Gasteiger partial charge in [-0.15, -0.1) is 0 Å². The Labute approximate surface area is 146 Å². The molecule has 2 saturated heterocycles. The van der Waals surface area contributed by atoms with Crippen LogP contribution in [-0.4, -0.2) is 38.3 Å². The molecule has 4 heterocycles. The fraction of sp³-hybridized carbons (Fsp3) is 0.611. The van der Waals surface area contributed by atoms with Crippen molar-refractivity contribution in [2.24, 2.45) is 11.1 Å². The molecule has 0 aromatic carbocycles. The molecule has 2 aromatic rings. The lowest BCUT2D eigenvalue weighted by Gasteiger charge is -2.42. The van der Waals surface area contributed by atoms with Gasteiger partial charge >= 0.3 is 0 Å². The van der Waals surface area contributed by atoms with Crippen molar-refractivity contribution in [3.63, 3.8) is 0 Å². The van der Waals surface area contributed by atoms with Gasteiger partial charge in [-0.05, 0) is 44.6 Å². The molecule has 2 bridgehead atoms. The molecule has 2 aromatic heterocycles. The SMILES string of the molecule is NC1(C23CC(C2)N(c2nccc(Nc4cc(C5CC5)[nH]n4)n2)C3)CC1. The van der Waals surface area contributed by atoms with Crippen LogP contribution >= 0.6 is 0 Å². The van der Waals surface area contributed by atoms with Gasteiger partial charge in [-0.1, -0.05) is 0 Å². The van der Waals surface area contributed by atoms with E-state index >= 15 is 0 Å². The largest absolute Gasteiger partial charge is 0.337 e. The van der Waals surface area contributed by atoms with Crippen molar-refractivity contribution in [2.75, 3.05) is 16.8 Å². The molecule has 5 fully saturated rings. The average Bonchev–Trinajstić information content (AvgIpc) is 3.44. The molecular weight excluding hydrogens is 314 g/mol. The van der Waals surface area contributed by atoms with Crippen LogP contribution in [0.2, 0.25) is 0 Å². The number of H-pyrrole nitrogens is 1. The zero-order valence-electron chi connectivity index (χ0n) is 14.2. The van der Waals surface area contributed by atoms with E-state index in [1.165, 1.54) is 44.2 Å². The number of rotatable bonds is 5. The Hall–Kier alpha value is -2.15. The van der Waals surface area contributed by atoms with E-state index in [1.54, 1.807) is 0 Å². The molecule has 0 atom stereocenters. The fourth-order valence-electron chi connectivity index (χ4n) is 4.80. The van der Waals surface area contributed by atoms with E-state index in [1.807, 2.05) is 12.3 Å². The van der Waals surface area contributed by atoms with E-state index in [4.69, 9.17) is 10.7 Å². The van der Waals surface area contributed by atoms with Crippen molar-refractivity contribution >= 4 is 17.6 Å². The van der Waals surface area contributed by atoms with Gasteiger partial charge in [0.1, 0.15) is 5.82 Å². The fourth-order valence-corrected chi connectivity index (χ4v) is 4.80. The summed E-state index contributed by atoms with van der Waals surface area (Å²) in [7, 11) is 0. The average molecular weight is 337 g/mol. The van der Waals surface area contributed by atoms with Crippen LogP contribution in [0.4, 0.5) is 17.6 Å². The highest BCUT2D eigenvalue weighted by Gasteiger charge is 2.68. The predicted molar refractivity (Wildman–Crippen MR) is 94.8 cm³/mol. The molecule has 5 aliphatic rings. The number of hydrogen-bond donors (Lipinski definition) is 3. The molecule has 3 saturated carbocycles. The molecule has 0 radical (unpaired) electrons. The molecule has 0 spiro atoms. The van der Waals surface area contributed by atoms with Crippen molar-refractivity contribution in [3.8, 4) is 0 Å². The lowest BCUT2D eigenvalue weighted by Crippen LogP contribution is -2.50. The number of fused-ring (bicyclic) bond motifs is 1. The van der Waals surface area contributed by atoms with Crippen molar-refractivity contribution in [3.05, 3.63) is 24.0 Å². The van der Waals surface area contributed by atoms with Gasteiger partial charge in [0.2, 0.25) is 5.95 Å². The van der Waals surface area contributed by atoms with Gasteiger partial charge < -0.3 is 16.0 Å². The standard InChI is InChI=1S/C18H23N7/c19-18(4-5-18)17-8-12(9-17)25(10-17)16-20-6-3-14(22-16)21-15-7-13(23-24-15)11-1-2-11/h3,6-7,11-12H,1-2,4-5,8-10,19H2,(H2,20,21,22,23,24). The summed E-state index contributed by atoms with van der Waals surface area (Å²) in [5.41, 5.74) is 8.15. The van der Waals surface area contributed by atoms with E-state index in [0.29, 0.717) is 17.4 Å². The quantitative estimate of drug-likeness (QED) is 0.775. The van der Waals surface area contributed by atoms with Crippen molar-refractivity contribution < 1.29 is 0 Å². The topological polar surface area (TPSA) is 95.8 Å². The van der Waals surface area contributed by atoms with E-state index < -0.39 is 0 Å². The van der Waals surface area contributed by atoms with E-state index in [9.17, 15) is 0 Å². The monoisotopic (exact) mass is 337 g/mol. The molecule has 2 aliphatic heterocycles. The van der Waals surface area contributed by atoms with Gasteiger partial charge in [0, 0.05) is 47.4 Å². The van der Waals surface area contributed by atoms with Gasteiger partial charge in [-0.2, -0.15) is 10.1 Å². The number of aromatic amines is 1. The van der Waals surface area contributed by atoms with E-state index in [0.717, 1.165) is 24.1 Å². The van der Waals surface area contributed by atoms with Crippen LogP contribution in [0.5, 0.6) is 0 Å². The van der Waals surface area contributed by atoms with Crippen LogP contribution in [0.3, 0.4) is 0 Å². The minimum atomic E-state index is 0.0857. The Morgan fingerprint density at radius 3 is 2.84 bits per heavy atom. The Morgan fingerprint density at radius 1 is 1.24 bits per heavy atom. The maximum atomic E-state index is 6.54. The summed E-state index contributed by atoms with van der Waals surface area (Å²) in [6.45, 7) is 1.01. The minimum absolute atomic E-state index is 0.0857. The van der Waals surface area contributed by atoms with Crippen molar-refractivity contribution in [1.82, 2.24) is 20.2 Å². The number of hydrogen-bond acceptors (Lipinski definition) is 6. The molecular formula is C18H23N7. The molecule has 0 unspecified atom stereocenters. The van der Waals surface area contributed by atoms with Gasteiger partial charge in [-0.25, -0.2) is 4.98 Å². The first-order valence-electron chi connectivity index (χ1n) is 9.35. The summed E-state index contributed by atoms with van der Waals surface area (Å²) in [5, 5.41) is 10.8. The molecule has 7 nitrogen and oxygen atoms in total. The number of aromatic nitrogens is 4. The number of nitrogens with zero attached hydrogens (tertiary/aromatic N) is 4. The van der Waals surface area contributed by atoms with Crippen LogP contribution < -0.4 is 16.0 Å². The molecule has 3 aliphatic carbocycles. The summed E-state index contributed by atoms with van der Waals surface area (Å²) in [6, 6.07) is 4.55. The molecule has 7 heteroatoms. The second-order valence-electron chi connectivity index (χ2n) is 8.48. The third-order valence-corrected chi connectivity index (χ3v) is 6.78. The normalized spacial score (nSPS) is 31.7. The molecule has 0 amide bonds. The summed E-state index contributed by atoms with van der Waals surface area (Å²) < 4.78 is 0. The maximum Gasteiger partial charge on any atom is 0.227 e. The van der Waals surface area contributed by atoms with Gasteiger partial charge in [0.15, 0.2) is 5.82 Å². The first kappa shape index (κ1) is 14.1. The Kier molecular flexibility index (Phi) is 2.54. The smallest absolute Gasteiger partial charge is 0.227 e. The third kappa shape index (κ3) is 2.05. The second-order valence-corrected chi connectivity index (χ2v) is 8.48. The molecule has 25 heavy (non-hydrogen) atoms. The van der Waals surface area contributed by atoms with Gasteiger partial charge in [0.05, 0.1) is 0 Å². The number of nitrogens with two attached hydrogens (primary N) is 1. The number of nitrogens with one attached hydrogen (secondary N) is 2. The summed E-state index contributed by atoms with van der Waals surface area (Å²) in [6.07, 6.45) is 9.12. The van der Waals surface area contributed by atoms with Crippen LogP contribution in [0.15, 0.2) is 18.3 Å².